The van der Waals surface area contributed by atoms with E-state index in [1.165, 1.54) is 5.56 Å². The lowest BCUT2D eigenvalue weighted by atomic mass is 9.92. The van der Waals surface area contributed by atoms with Crippen molar-refractivity contribution in [2.24, 2.45) is 5.41 Å². The molecular formula is C15H21N3O. The monoisotopic (exact) mass is 259 g/mol. The molecule has 0 radical (unpaired) electrons. The van der Waals surface area contributed by atoms with Gasteiger partial charge in [0.1, 0.15) is 0 Å². The number of hydrogen-bond donors (Lipinski definition) is 2. The second-order valence-electron chi connectivity index (χ2n) is 6.09. The van der Waals surface area contributed by atoms with Gasteiger partial charge in [-0.05, 0) is 29.5 Å². The summed E-state index contributed by atoms with van der Waals surface area (Å²) in [5.74, 6) is 0.120. The third-order valence-corrected chi connectivity index (χ3v) is 2.91. The molecule has 102 valence electrons. The van der Waals surface area contributed by atoms with Gasteiger partial charge < -0.3 is 10.3 Å². The number of aromatic nitrogens is 2. The molecule has 1 aromatic heterocycles. The first-order valence-electron chi connectivity index (χ1n) is 6.63. The standard InChI is InChI=1S/C15H21N3O/c1-15(2,3)9-14(19)16-7-6-11-4-5-12-13(8-11)18-10-17-12/h4-5,8,10H,6-7,9H2,1-3H3,(H,16,19)(H,17,18). The minimum Gasteiger partial charge on any atom is -0.356 e. The summed E-state index contributed by atoms with van der Waals surface area (Å²) in [7, 11) is 0. The smallest absolute Gasteiger partial charge is 0.220 e. The Balaban J connectivity index is 1.83. The van der Waals surface area contributed by atoms with Gasteiger partial charge in [-0.15, -0.1) is 0 Å². The van der Waals surface area contributed by atoms with Gasteiger partial charge in [-0.1, -0.05) is 26.8 Å². The predicted octanol–water partition coefficient (Wildman–Crippen LogP) is 2.66. The lowest BCUT2D eigenvalue weighted by molar-refractivity contribution is -0.122. The predicted molar refractivity (Wildman–Crippen MR) is 76.9 cm³/mol. The van der Waals surface area contributed by atoms with Crippen LogP contribution in [0.4, 0.5) is 0 Å². The summed E-state index contributed by atoms with van der Waals surface area (Å²) < 4.78 is 0. The summed E-state index contributed by atoms with van der Waals surface area (Å²) >= 11 is 0. The van der Waals surface area contributed by atoms with E-state index in [4.69, 9.17) is 0 Å². The van der Waals surface area contributed by atoms with E-state index in [1.54, 1.807) is 6.33 Å². The molecule has 1 heterocycles. The third-order valence-electron chi connectivity index (χ3n) is 2.91. The van der Waals surface area contributed by atoms with Gasteiger partial charge in [-0.25, -0.2) is 4.98 Å². The quantitative estimate of drug-likeness (QED) is 0.887. The Labute approximate surface area is 113 Å². The van der Waals surface area contributed by atoms with Crippen molar-refractivity contribution in [1.29, 1.82) is 0 Å². The number of hydrogen-bond acceptors (Lipinski definition) is 2. The Morgan fingerprint density at radius 3 is 2.89 bits per heavy atom. The SMILES string of the molecule is CC(C)(C)CC(=O)NCCc1ccc2nc[nH]c2c1. The number of benzene rings is 1. The summed E-state index contributed by atoms with van der Waals surface area (Å²) in [5.41, 5.74) is 3.26. The molecule has 2 aromatic rings. The first kappa shape index (κ1) is 13.6. The summed E-state index contributed by atoms with van der Waals surface area (Å²) in [6.45, 7) is 6.88. The van der Waals surface area contributed by atoms with Gasteiger partial charge in [-0.2, -0.15) is 0 Å². The minimum atomic E-state index is 0.0406. The molecule has 0 aliphatic heterocycles. The summed E-state index contributed by atoms with van der Waals surface area (Å²) in [6, 6.07) is 6.13. The molecule has 0 saturated carbocycles. The zero-order valence-electron chi connectivity index (χ0n) is 11.8. The fourth-order valence-electron chi connectivity index (χ4n) is 2.03. The fraction of sp³-hybridized carbons (Fsp3) is 0.467. The van der Waals surface area contributed by atoms with E-state index in [2.05, 4.69) is 48.2 Å². The molecule has 0 atom stereocenters. The van der Waals surface area contributed by atoms with Crippen LogP contribution in [0, 0.1) is 5.41 Å². The number of nitrogens with zero attached hydrogens (tertiary/aromatic N) is 1. The van der Waals surface area contributed by atoms with Gasteiger partial charge in [0.15, 0.2) is 0 Å². The number of rotatable bonds is 4. The lowest BCUT2D eigenvalue weighted by Gasteiger charge is -2.17. The van der Waals surface area contributed by atoms with Crippen molar-refractivity contribution < 1.29 is 4.79 Å². The van der Waals surface area contributed by atoms with E-state index in [-0.39, 0.29) is 11.3 Å². The molecule has 0 saturated heterocycles. The molecule has 0 bridgehead atoms. The van der Waals surface area contributed by atoms with Gasteiger partial charge in [0.2, 0.25) is 5.91 Å². The first-order valence-corrected chi connectivity index (χ1v) is 6.63. The number of carbonyl (C=O) groups excluding carboxylic acids is 1. The van der Waals surface area contributed by atoms with Crippen LogP contribution in [-0.2, 0) is 11.2 Å². The van der Waals surface area contributed by atoms with Crippen molar-refractivity contribution in [3.63, 3.8) is 0 Å². The molecule has 0 spiro atoms. The summed E-state index contributed by atoms with van der Waals surface area (Å²) in [5, 5.41) is 2.96. The van der Waals surface area contributed by atoms with Crippen molar-refractivity contribution in [2.75, 3.05) is 6.54 Å². The van der Waals surface area contributed by atoms with Crippen molar-refractivity contribution in [3.8, 4) is 0 Å². The highest BCUT2D eigenvalue weighted by atomic mass is 16.1. The molecule has 1 aromatic carbocycles. The molecule has 0 fully saturated rings. The topological polar surface area (TPSA) is 57.8 Å². The number of imidazole rings is 1. The first-order chi connectivity index (χ1) is 8.94. The zero-order chi connectivity index (χ0) is 13.9. The molecule has 0 unspecified atom stereocenters. The van der Waals surface area contributed by atoms with Gasteiger partial charge in [0.05, 0.1) is 17.4 Å². The van der Waals surface area contributed by atoms with E-state index < -0.39 is 0 Å². The Kier molecular flexibility index (Phi) is 3.88. The normalized spacial score (nSPS) is 11.7. The van der Waals surface area contributed by atoms with Gasteiger partial charge in [0, 0.05) is 13.0 Å². The highest BCUT2D eigenvalue weighted by Gasteiger charge is 2.15. The number of fused-ring (bicyclic) bond motifs is 1. The molecule has 1 amide bonds. The van der Waals surface area contributed by atoms with Crippen LogP contribution in [-0.4, -0.2) is 22.4 Å². The van der Waals surface area contributed by atoms with Gasteiger partial charge in [-0.3, -0.25) is 4.79 Å². The second kappa shape index (κ2) is 5.43. The van der Waals surface area contributed by atoms with Crippen LogP contribution in [0.3, 0.4) is 0 Å². The van der Waals surface area contributed by atoms with Gasteiger partial charge >= 0.3 is 0 Å². The van der Waals surface area contributed by atoms with E-state index >= 15 is 0 Å². The lowest BCUT2D eigenvalue weighted by Crippen LogP contribution is -2.29. The maximum Gasteiger partial charge on any atom is 0.220 e. The van der Waals surface area contributed by atoms with E-state index in [1.807, 2.05) is 6.07 Å². The Hall–Kier alpha value is -1.84. The molecule has 0 aliphatic rings. The summed E-state index contributed by atoms with van der Waals surface area (Å²) in [6.07, 6.45) is 3.09. The maximum absolute atomic E-state index is 11.7. The number of amides is 1. The van der Waals surface area contributed by atoms with Crippen LogP contribution >= 0.6 is 0 Å². The number of H-pyrrole nitrogens is 1. The van der Waals surface area contributed by atoms with Crippen molar-refractivity contribution in [1.82, 2.24) is 15.3 Å². The van der Waals surface area contributed by atoms with Crippen LogP contribution in [0.5, 0.6) is 0 Å². The average Bonchev–Trinajstić information content (AvgIpc) is 2.73. The van der Waals surface area contributed by atoms with Crippen LogP contribution in [0.1, 0.15) is 32.8 Å². The number of aromatic amines is 1. The highest BCUT2D eigenvalue weighted by molar-refractivity contribution is 5.77. The Morgan fingerprint density at radius 2 is 2.16 bits per heavy atom. The highest BCUT2D eigenvalue weighted by Crippen LogP contribution is 2.17. The molecular weight excluding hydrogens is 238 g/mol. The number of nitrogens with one attached hydrogen (secondary N) is 2. The van der Waals surface area contributed by atoms with Crippen molar-refractivity contribution >= 4 is 16.9 Å². The average molecular weight is 259 g/mol. The van der Waals surface area contributed by atoms with E-state index in [9.17, 15) is 4.79 Å². The van der Waals surface area contributed by atoms with Crippen LogP contribution in [0.15, 0.2) is 24.5 Å². The Morgan fingerprint density at radius 1 is 1.37 bits per heavy atom. The molecule has 19 heavy (non-hydrogen) atoms. The second-order valence-corrected chi connectivity index (χ2v) is 6.09. The molecule has 0 aliphatic carbocycles. The molecule has 4 nitrogen and oxygen atoms in total. The summed E-state index contributed by atoms with van der Waals surface area (Å²) in [4.78, 5) is 19.0. The van der Waals surface area contributed by atoms with Gasteiger partial charge in [0.25, 0.3) is 0 Å². The van der Waals surface area contributed by atoms with Crippen molar-refractivity contribution in [3.05, 3.63) is 30.1 Å². The molecule has 2 rings (SSSR count). The molecule has 4 heteroatoms. The van der Waals surface area contributed by atoms with Crippen LogP contribution < -0.4 is 5.32 Å². The largest absolute Gasteiger partial charge is 0.356 e. The third kappa shape index (κ3) is 4.09. The Bertz CT molecular complexity index is 566. The maximum atomic E-state index is 11.7. The van der Waals surface area contributed by atoms with E-state index in [0.717, 1.165) is 17.5 Å². The minimum absolute atomic E-state index is 0.0406. The number of carbonyl (C=O) groups is 1. The fourth-order valence-corrected chi connectivity index (χ4v) is 2.03. The zero-order valence-corrected chi connectivity index (χ0v) is 11.8. The van der Waals surface area contributed by atoms with Crippen LogP contribution in [0.2, 0.25) is 0 Å². The molecule has 2 N–H and O–H groups in total. The van der Waals surface area contributed by atoms with Crippen molar-refractivity contribution in [2.45, 2.75) is 33.6 Å². The van der Waals surface area contributed by atoms with Crippen LogP contribution in [0.25, 0.3) is 11.0 Å². The van der Waals surface area contributed by atoms with E-state index in [0.29, 0.717) is 13.0 Å².